The van der Waals surface area contributed by atoms with Gasteiger partial charge in [-0.3, -0.25) is 4.79 Å². The molecule has 1 rings (SSSR count). The smallest absolute Gasteiger partial charge is 0.481 e. The van der Waals surface area contributed by atoms with Gasteiger partial charge in [0.2, 0.25) is 5.88 Å². The Kier molecular flexibility index (Phi) is 5.14. The molecule has 0 aliphatic carbocycles. The lowest BCUT2D eigenvalue weighted by Crippen LogP contribution is -2.21. The molecule has 2 N–H and O–H groups in total. The molecule has 112 valence electrons. The highest BCUT2D eigenvalue weighted by atomic mass is 19.4. The SMILES string of the molecule is COC(=O)Cc1cc(OC)nc(CN)c1OC(F)(F)F. The van der Waals surface area contributed by atoms with E-state index in [9.17, 15) is 18.0 Å². The summed E-state index contributed by atoms with van der Waals surface area (Å²) in [5.74, 6) is -1.31. The molecule has 0 bridgehead atoms. The Morgan fingerprint density at radius 1 is 1.40 bits per heavy atom. The molecular weight excluding hydrogens is 281 g/mol. The van der Waals surface area contributed by atoms with Crippen LogP contribution in [0.2, 0.25) is 0 Å². The molecule has 0 aromatic carbocycles. The molecule has 1 heterocycles. The van der Waals surface area contributed by atoms with Crippen LogP contribution in [0.3, 0.4) is 0 Å². The van der Waals surface area contributed by atoms with Crippen LogP contribution in [0.25, 0.3) is 0 Å². The molecule has 6 nitrogen and oxygen atoms in total. The van der Waals surface area contributed by atoms with E-state index in [0.29, 0.717) is 0 Å². The van der Waals surface area contributed by atoms with Crippen molar-refractivity contribution in [3.8, 4) is 11.6 Å². The van der Waals surface area contributed by atoms with Gasteiger partial charge in [0.25, 0.3) is 0 Å². The summed E-state index contributed by atoms with van der Waals surface area (Å²) in [6.45, 7) is -0.309. The number of hydrogen-bond acceptors (Lipinski definition) is 6. The molecule has 9 heteroatoms. The van der Waals surface area contributed by atoms with Gasteiger partial charge in [-0.1, -0.05) is 0 Å². The third-order valence-electron chi connectivity index (χ3n) is 2.28. The predicted octanol–water partition coefficient (Wildman–Crippen LogP) is 1.16. The molecular formula is C11H13F3N2O4. The molecule has 1 aromatic heterocycles. The number of pyridine rings is 1. The molecule has 0 amide bonds. The number of nitrogens with two attached hydrogens (primary N) is 1. The van der Waals surface area contributed by atoms with Crippen LogP contribution in [0.4, 0.5) is 13.2 Å². The molecule has 0 unspecified atom stereocenters. The number of aromatic nitrogens is 1. The molecule has 0 spiro atoms. The van der Waals surface area contributed by atoms with Gasteiger partial charge in [0.1, 0.15) is 5.69 Å². The fraction of sp³-hybridized carbons (Fsp3) is 0.455. The Labute approximate surface area is 112 Å². The van der Waals surface area contributed by atoms with E-state index >= 15 is 0 Å². The third-order valence-corrected chi connectivity index (χ3v) is 2.28. The minimum absolute atomic E-state index is 0.0267. The number of ether oxygens (including phenoxy) is 3. The second-order valence-electron chi connectivity index (χ2n) is 3.60. The Bertz CT molecular complexity index is 491. The van der Waals surface area contributed by atoms with Gasteiger partial charge in [0, 0.05) is 18.2 Å². The van der Waals surface area contributed by atoms with Crippen molar-refractivity contribution in [3.63, 3.8) is 0 Å². The first-order valence-corrected chi connectivity index (χ1v) is 5.40. The Morgan fingerprint density at radius 2 is 2.05 bits per heavy atom. The summed E-state index contributed by atoms with van der Waals surface area (Å²) in [7, 11) is 2.41. The van der Waals surface area contributed by atoms with Crippen molar-refractivity contribution >= 4 is 5.97 Å². The molecule has 1 aromatic rings. The number of esters is 1. The van der Waals surface area contributed by atoms with Crippen LogP contribution in [0.1, 0.15) is 11.3 Å². The zero-order chi connectivity index (χ0) is 15.3. The highest BCUT2D eigenvalue weighted by molar-refractivity contribution is 5.73. The van der Waals surface area contributed by atoms with Crippen molar-refractivity contribution in [3.05, 3.63) is 17.3 Å². The summed E-state index contributed by atoms with van der Waals surface area (Å²) < 4.78 is 50.4. The van der Waals surface area contributed by atoms with Crippen LogP contribution in [0.15, 0.2) is 6.07 Å². The Morgan fingerprint density at radius 3 is 2.50 bits per heavy atom. The lowest BCUT2D eigenvalue weighted by molar-refractivity contribution is -0.275. The minimum Gasteiger partial charge on any atom is -0.481 e. The van der Waals surface area contributed by atoms with E-state index in [1.807, 2.05) is 0 Å². The Hall–Kier alpha value is -2.03. The minimum atomic E-state index is -4.93. The number of rotatable bonds is 5. The maximum atomic E-state index is 12.4. The fourth-order valence-corrected chi connectivity index (χ4v) is 1.46. The van der Waals surface area contributed by atoms with Gasteiger partial charge in [-0.05, 0) is 0 Å². The average Bonchev–Trinajstić information content (AvgIpc) is 2.38. The van der Waals surface area contributed by atoms with Gasteiger partial charge in [-0.25, -0.2) is 4.98 Å². The van der Waals surface area contributed by atoms with E-state index < -0.39 is 24.5 Å². The lowest BCUT2D eigenvalue weighted by Gasteiger charge is -2.16. The summed E-state index contributed by atoms with van der Waals surface area (Å²) in [6, 6.07) is 1.16. The first-order chi connectivity index (χ1) is 9.30. The van der Waals surface area contributed by atoms with Crippen molar-refractivity contribution in [1.82, 2.24) is 4.98 Å². The number of alkyl halides is 3. The molecule has 0 saturated carbocycles. The van der Waals surface area contributed by atoms with Crippen molar-refractivity contribution in [2.45, 2.75) is 19.3 Å². The molecule has 20 heavy (non-hydrogen) atoms. The van der Waals surface area contributed by atoms with Crippen LogP contribution in [-0.2, 0) is 22.5 Å². The number of methoxy groups -OCH3 is 2. The summed E-state index contributed by atoms with van der Waals surface area (Å²) in [6.07, 6.45) is -5.35. The second-order valence-corrected chi connectivity index (χ2v) is 3.60. The van der Waals surface area contributed by atoms with E-state index in [2.05, 4.69) is 14.5 Å². The van der Waals surface area contributed by atoms with Crippen LogP contribution >= 0.6 is 0 Å². The maximum absolute atomic E-state index is 12.4. The third kappa shape index (κ3) is 4.26. The standard InChI is InChI=1S/C11H13F3N2O4/c1-18-8-3-6(4-9(17)19-2)10(7(5-15)16-8)20-11(12,13)14/h3H,4-5,15H2,1-2H3. The molecule has 0 aliphatic rings. The van der Waals surface area contributed by atoms with Gasteiger partial charge in [0.15, 0.2) is 5.75 Å². The number of carbonyl (C=O) groups is 1. The first-order valence-electron chi connectivity index (χ1n) is 5.40. The van der Waals surface area contributed by atoms with Crippen LogP contribution in [0, 0.1) is 0 Å². The van der Waals surface area contributed by atoms with E-state index in [1.54, 1.807) is 0 Å². The largest absolute Gasteiger partial charge is 0.573 e. The van der Waals surface area contributed by atoms with Crippen molar-refractivity contribution in [1.29, 1.82) is 0 Å². The van der Waals surface area contributed by atoms with Gasteiger partial charge in [0.05, 0.1) is 20.6 Å². The van der Waals surface area contributed by atoms with Gasteiger partial charge in [-0.2, -0.15) is 0 Å². The maximum Gasteiger partial charge on any atom is 0.573 e. The zero-order valence-electron chi connectivity index (χ0n) is 10.8. The van der Waals surface area contributed by atoms with Crippen molar-refractivity contribution < 1.29 is 32.2 Å². The van der Waals surface area contributed by atoms with Gasteiger partial charge >= 0.3 is 12.3 Å². The van der Waals surface area contributed by atoms with E-state index in [1.165, 1.54) is 7.11 Å². The molecule has 0 aliphatic heterocycles. The monoisotopic (exact) mass is 294 g/mol. The summed E-state index contributed by atoms with van der Waals surface area (Å²) >= 11 is 0. The second kappa shape index (κ2) is 6.42. The first kappa shape index (κ1) is 16.0. The summed E-state index contributed by atoms with van der Waals surface area (Å²) in [4.78, 5) is 15.0. The molecule has 0 radical (unpaired) electrons. The quantitative estimate of drug-likeness (QED) is 0.820. The normalized spacial score (nSPS) is 11.1. The van der Waals surface area contributed by atoms with Crippen molar-refractivity contribution in [2.75, 3.05) is 14.2 Å². The molecule has 0 atom stereocenters. The van der Waals surface area contributed by atoms with Gasteiger partial charge < -0.3 is 19.9 Å². The van der Waals surface area contributed by atoms with Crippen LogP contribution in [-0.4, -0.2) is 31.5 Å². The van der Waals surface area contributed by atoms with Crippen molar-refractivity contribution in [2.24, 2.45) is 5.73 Å². The topological polar surface area (TPSA) is 83.7 Å². The van der Waals surface area contributed by atoms with E-state index in [-0.39, 0.29) is 23.7 Å². The number of carbonyl (C=O) groups excluding carboxylic acids is 1. The van der Waals surface area contributed by atoms with Crippen LogP contribution < -0.4 is 15.2 Å². The zero-order valence-corrected chi connectivity index (χ0v) is 10.8. The Balaban J connectivity index is 3.30. The summed E-state index contributed by atoms with van der Waals surface area (Å²) in [5.41, 5.74) is 5.11. The molecule has 0 saturated heterocycles. The lowest BCUT2D eigenvalue weighted by atomic mass is 10.1. The van der Waals surface area contributed by atoms with Crippen LogP contribution in [0.5, 0.6) is 11.6 Å². The highest BCUT2D eigenvalue weighted by Gasteiger charge is 2.34. The highest BCUT2D eigenvalue weighted by Crippen LogP contribution is 2.32. The number of halogens is 3. The van der Waals surface area contributed by atoms with E-state index in [4.69, 9.17) is 10.5 Å². The molecule has 0 fully saturated rings. The van der Waals surface area contributed by atoms with E-state index in [0.717, 1.165) is 13.2 Å². The summed E-state index contributed by atoms with van der Waals surface area (Å²) in [5, 5.41) is 0. The fourth-order valence-electron chi connectivity index (χ4n) is 1.46. The number of hydrogen-bond donors (Lipinski definition) is 1. The predicted molar refractivity (Wildman–Crippen MR) is 61.1 cm³/mol. The number of nitrogens with zero attached hydrogens (tertiary/aromatic N) is 1. The van der Waals surface area contributed by atoms with Gasteiger partial charge in [-0.15, -0.1) is 13.2 Å². The average molecular weight is 294 g/mol.